The lowest BCUT2D eigenvalue weighted by Gasteiger charge is -2.07. The molecule has 1 nitrogen and oxygen atoms in total. The van der Waals surface area contributed by atoms with Crippen LogP contribution in [0.3, 0.4) is 0 Å². The van der Waals surface area contributed by atoms with Crippen molar-refractivity contribution in [2.24, 2.45) is 0 Å². The number of ether oxygens (including phenoxy) is 1. The third-order valence-electron chi connectivity index (χ3n) is 2.20. The highest BCUT2D eigenvalue weighted by Crippen LogP contribution is 2.21. The summed E-state index contributed by atoms with van der Waals surface area (Å²) in [5.74, 6) is 1.93. The van der Waals surface area contributed by atoms with Crippen LogP contribution in [0.1, 0.15) is 24.8 Å². The Morgan fingerprint density at radius 2 is 2.07 bits per heavy atom. The molecule has 0 aliphatic rings. The van der Waals surface area contributed by atoms with E-state index >= 15 is 0 Å². The molecule has 0 amide bonds. The summed E-state index contributed by atoms with van der Waals surface area (Å²) in [4.78, 5) is 0. The minimum absolute atomic E-state index is 0.800. The first-order chi connectivity index (χ1) is 7.24. The maximum absolute atomic E-state index is 5.64. The molecule has 0 saturated heterocycles. The fraction of sp³-hybridized carbons (Fsp3) is 0.500. The molecule has 84 valence electrons. The van der Waals surface area contributed by atoms with Gasteiger partial charge >= 0.3 is 0 Å². The minimum Gasteiger partial charge on any atom is -0.494 e. The molecule has 0 N–H and O–H groups in total. The van der Waals surface area contributed by atoms with Gasteiger partial charge in [0.15, 0.2) is 0 Å². The molecule has 1 rings (SSSR count). The summed E-state index contributed by atoms with van der Waals surface area (Å²) in [6.45, 7) is 2.87. The second-order valence-electron chi connectivity index (χ2n) is 3.54. The number of benzene rings is 1. The van der Waals surface area contributed by atoms with Gasteiger partial charge in [0.2, 0.25) is 0 Å². The zero-order valence-corrected chi connectivity index (χ0v) is 11.5. The van der Waals surface area contributed by atoms with Gasteiger partial charge < -0.3 is 4.74 Å². The van der Waals surface area contributed by atoms with E-state index in [1.165, 1.54) is 18.4 Å². The molecule has 0 unspecified atom stereocenters. The van der Waals surface area contributed by atoms with Gasteiger partial charge in [0.25, 0.3) is 0 Å². The number of thiol groups is 1. The predicted octanol–water partition coefficient (Wildman–Crippen LogP) is 4.24. The van der Waals surface area contributed by atoms with Crippen molar-refractivity contribution in [3.63, 3.8) is 0 Å². The number of halogens is 1. The minimum atomic E-state index is 0.800. The first kappa shape index (κ1) is 12.9. The van der Waals surface area contributed by atoms with Crippen LogP contribution in [0.4, 0.5) is 0 Å². The highest BCUT2D eigenvalue weighted by atomic mass is 79.9. The topological polar surface area (TPSA) is 9.23 Å². The number of unbranched alkanes of at least 4 members (excludes halogenated alkanes) is 2. The summed E-state index contributed by atoms with van der Waals surface area (Å²) in [5, 5.41) is 0. The molecule has 0 radical (unpaired) electrons. The second-order valence-corrected chi connectivity index (χ2v) is 4.85. The van der Waals surface area contributed by atoms with Crippen LogP contribution in [0.15, 0.2) is 22.7 Å². The summed E-state index contributed by atoms with van der Waals surface area (Å²) in [5.41, 5.74) is 1.21. The molecule has 0 aromatic heterocycles. The number of hydrogen-bond donors (Lipinski definition) is 1. The van der Waals surface area contributed by atoms with E-state index in [4.69, 9.17) is 4.74 Å². The summed E-state index contributed by atoms with van der Waals surface area (Å²) in [7, 11) is 0. The standard InChI is InChI=1S/C12H17BrOS/c1-10-9-11(5-6-12(10)13)14-7-3-2-4-8-15/h5-6,9,15H,2-4,7-8H2,1H3. The van der Waals surface area contributed by atoms with Crippen LogP contribution in [0, 0.1) is 6.92 Å². The highest BCUT2D eigenvalue weighted by molar-refractivity contribution is 9.10. The highest BCUT2D eigenvalue weighted by Gasteiger charge is 1.97. The van der Waals surface area contributed by atoms with E-state index in [2.05, 4.69) is 41.5 Å². The van der Waals surface area contributed by atoms with Crippen LogP contribution in [0.5, 0.6) is 5.75 Å². The fourth-order valence-electron chi connectivity index (χ4n) is 1.29. The maximum Gasteiger partial charge on any atom is 0.119 e. The maximum atomic E-state index is 5.64. The molecule has 0 spiro atoms. The molecule has 1 aromatic rings. The Balaban J connectivity index is 2.28. The third-order valence-corrected chi connectivity index (χ3v) is 3.41. The molecule has 0 aliphatic heterocycles. The van der Waals surface area contributed by atoms with Crippen molar-refractivity contribution in [3.05, 3.63) is 28.2 Å². The lowest BCUT2D eigenvalue weighted by Crippen LogP contribution is -1.97. The SMILES string of the molecule is Cc1cc(OCCCCCS)ccc1Br. The van der Waals surface area contributed by atoms with Crippen molar-refractivity contribution >= 4 is 28.6 Å². The van der Waals surface area contributed by atoms with Gasteiger partial charge in [-0.25, -0.2) is 0 Å². The predicted molar refractivity (Wildman–Crippen MR) is 72.1 cm³/mol. The van der Waals surface area contributed by atoms with Crippen LogP contribution in [-0.4, -0.2) is 12.4 Å². The van der Waals surface area contributed by atoms with Gasteiger partial charge in [-0.3, -0.25) is 0 Å². The van der Waals surface area contributed by atoms with Crippen LogP contribution >= 0.6 is 28.6 Å². The molecule has 0 aliphatic carbocycles. The molecule has 0 fully saturated rings. The normalized spacial score (nSPS) is 10.3. The monoisotopic (exact) mass is 288 g/mol. The van der Waals surface area contributed by atoms with Crippen molar-refractivity contribution in [3.8, 4) is 5.75 Å². The van der Waals surface area contributed by atoms with Gasteiger partial charge in [0.1, 0.15) is 5.75 Å². The lowest BCUT2D eigenvalue weighted by molar-refractivity contribution is 0.306. The number of hydrogen-bond acceptors (Lipinski definition) is 2. The van der Waals surface area contributed by atoms with E-state index in [0.29, 0.717) is 0 Å². The van der Waals surface area contributed by atoms with Crippen LogP contribution in [0.25, 0.3) is 0 Å². The van der Waals surface area contributed by atoms with Crippen molar-refractivity contribution in [2.75, 3.05) is 12.4 Å². The van der Waals surface area contributed by atoms with Gasteiger partial charge in [-0.05, 0) is 55.7 Å². The Morgan fingerprint density at radius 3 is 2.73 bits per heavy atom. The second kappa shape index (κ2) is 7.18. The lowest BCUT2D eigenvalue weighted by atomic mass is 10.2. The Morgan fingerprint density at radius 1 is 1.27 bits per heavy atom. The zero-order chi connectivity index (χ0) is 11.1. The van der Waals surface area contributed by atoms with Crippen LogP contribution in [-0.2, 0) is 0 Å². The molecule has 0 heterocycles. The van der Waals surface area contributed by atoms with Crippen LogP contribution in [0.2, 0.25) is 0 Å². The van der Waals surface area contributed by atoms with Crippen molar-refractivity contribution < 1.29 is 4.74 Å². The molecule has 1 aromatic carbocycles. The van der Waals surface area contributed by atoms with Gasteiger partial charge in [0.05, 0.1) is 6.61 Å². The Bertz CT molecular complexity index is 302. The van der Waals surface area contributed by atoms with E-state index in [0.717, 1.165) is 29.0 Å². The van der Waals surface area contributed by atoms with E-state index < -0.39 is 0 Å². The quantitative estimate of drug-likeness (QED) is 0.609. The summed E-state index contributed by atoms with van der Waals surface area (Å²) >= 11 is 7.64. The first-order valence-corrected chi connectivity index (χ1v) is 6.66. The van der Waals surface area contributed by atoms with Gasteiger partial charge in [-0.15, -0.1) is 0 Å². The average molecular weight is 289 g/mol. The third kappa shape index (κ3) is 4.94. The van der Waals surface area contributed by atoms with E-state index in [1.807, 2.05) is 12.1 Å². The summed E-state index contributed by atoms with van der Waals surface area (Å²) in [6.07, 6.45) is 3.47. The van der Waals surface area contributed by atoms with E-state index in [1.54, 1.807) is 0 Å². The molecule has 3 heteroatoms. The number of aryl methyl sites for hydroxylation is 1. The molecule has 0 atom stereocenters. The summed E-state index contributed by atoms with van der Waals surface area (Å²) in [6, 6.07) is 6.08. The first-order valence-electron chi connectivity index (χ1n) is 5.24. The van der Waals surface area contributed by atoms with Crippen molar-refractivity contribution in [2.45, 2.75) is 26.2 Å². The van der Waals surface area contributed by atoms with Crippen molar-refractivity contribution in [1.29, 1.82) is 0 Å². The molecular formula is C12H17BrOS. The van der Waals surface area contributed by atoms with Crippen molar-refractivity contribution in [1.82, 2.24) is 0 Å². The smallest absolute Gasteiger partial charge is 0.119 e. The van der Waals surface area contributed by atoms with Crippen LogP contribution < -0.4 is 4.74 Å². The largest absolute Gasteiger partial charge is 0.494 e. The summed E-state index contributed by atoms with van der Waals surface area (Å²) < 4.78 is 6.77. The Labute approximate surface area is 106 Å². The zero-order valence-electron chi connectivity index (χ0n) is 9.00. The van der Waals surface area contributed by atoms with Gasteiger partial charge in [0, 0.05) is 4.47 Å². The Hall–Kier alpha value is -0.150. The average Bonchev–Trinajstić information content (AvgIpc) is 2.23. The molecular weight excluding hydrogens is 272 g/mol. The van der Waals surface area contributed by atoms with E-state index in [-0.39, 0.29) is 0 Å². The molecule has 0 bridgehead atoms. The molecule has 15 heavy (non-hydrogen) atoms. The Kier molecular flexibility index (Phi) is 6.18. The van der Waals surface area contributed by atoms with Gasteiger partial charge in [-0.2, -0.15) is 12.6 Å². The number of rotatable bonds is 6. The fourth-order valence-corrected chi connectivity index (χ4v) is 1.76. The molecule has 0 saturated carbocycles. The van der Waals surface area contributed by atoms with Gasteiger partial charge in [-0.1, -0.05) is 15.9 Å². The van der Waals surface area contributed by atoms with E-state index in [9.17, 15) is 0 Å².